The number of halogens is 8. The number of nitrogens with zero attached hydrogens (tertiary/aromatic N) is 4. The van der Waals surface area contributed by atoms with Gasteiger partial charge in [-0.25, -0.2) is 19.3 Å². The van der Waals surface area contributed by atoms with Crippen LogP contribution in [0.5, 0.6) is 0 Å². The lowest BCUT2D eigenvalue weighted by Gasteiger charge is -2.44. The number of hydrazine groups is 1. The van der Waals surface area contributed by atoms with Crippen molar-refractivity contribution in [3.8, 4) is 6.07 Å². The van der Waals surface area contributed by atoms with E-state index in [9.17, 15) is 40.0 Å². The second kappa shape index (κ2) is 7.24. The van der Waals surface area contributed by atoms with Crippen molar-refractivity contribution >= 4 is 45.4 Å². The van der Waals surface area contributed by atoms with Crippen LogP contribution in [-0.4, -0.2) is 38.5 Å². The molecular formula is C15H12Cl2F6N5O2S+. The number of likely N-dealkylation sites (N-methyl/N-ethyl adjacent to an activating group) is 1. The number of nitrogens with two attached hydrogens (primary N) is 1. The summed E-state index contributed by atoms with van der Waals surface area (Å²) in [6.07, 6.45) is -4.88. The van der Waals surface area contributed by atoms with Crippen LogP contribution in [-0.2, 0) is 16.0 Å². The van der Waals surface area contributed by atoms with E-state index in [0.29, 0.717) is 12.1 Å². The van der Waals surface area contributed by atoms with Crippen LogP contribution in [0.1, 0.15) is 12.5 Å². The smallest absolute Gasteiger partial charge is 0.232 e. The van der Waals surface area contributed by atoms with E-state index in [2.05, 4.69) is 11.7 Å². The monoisotopic (exact) mass is 510 g/mol. The molecule has 0 radical (unpaired) electrons. The Hall–Kier alpha value is -2.05. The molecule has 0 bridgehead atoms. The minimum atomic E-state index is -6.21. The second-order valence-electron chi connectivity index (χ2n) is 6.51. The number of hydrogen-bond acceptors (Lipinski definition) is 6. The quantitative estimate of drug-likeness (QED) is 0.285. The number of rotatable bonds is 3. The first-order valence-electron chi connectivity index (χ1n) is 7.75. The van der Waals surface area contributed by atoms with Gasteiger partial charge in [-0.1, -0.05) is 23.2 Å². The van der Waals surface area contributed by atoms with Gasteiger partial charge in [0.05, 0.1) is 5.56 Å². The molecule has 1 aromatic carbocycles. The maximum atomic E-state index is 13.4. The zero-order chi connectivity index (χ0) is 24.4. The minimum absolute atomic E-state index is 0.271. The van der Waals surface area contributed by atoms with Crippen molar-refractivity contribution in [3.63, 3.8) is 0 Å². The number of allylic oxidation sites excluding steroid dienone is 1. The highest BCUT2D eigenvalue weighted by atomic mass is 35.5. The fraction of sp³-hybridized carbons (Fsp3) is 0.333. The predicted molar refractivity (Wildman–Crippen MR) is 101 cm³/mol. The van der Waals surface area contributed by atoms with Gasteiger partial charge in [-0.2, -0.15) is 31.6 Å². The summed E-state index contributed by atoms with van der Waals surface area (Å²) in [5, 5.41) is 8.20. The molecule has 170 valence electrons. The average molecular weight is 511 g/mol. The van der Waals surface area contributed by atoms with Gasteiger partial charge in [0, 0.05) is 6.92 Å². The lowest BCUT2D eigenvalue weighted by molar-refractivity contribution is -0.137. The zero-order valence-electron chi connectivity index (χ0n) is 15.5. The molecule has 31 heavy (non-hydrogen) atoms. The third kappa shape index (κ3) is 3.35. The van der Waals surface area contributed by atoms with Crippen LogP contribution in [0.4, 0.5) is 32.0 Å². The van der Waals surface area contributed by atoms with Gasteiger partial charge in [-0.15, -0.1) is 9.71 Å². The molecule has 7 nitrogen and oxygen atoms in total. The van der Waals surface area contributed by atoms with Crippen molar-refractivity contribution in [2.24, 2.45) is 10.8 Å². The Labute approximate surface area is 182 Å². The number of hydrogen-bond donors (Lipinski definition) is 1. The van der Waals surface area contributed by atoms with Crippen molar-refractivity contribution in [1.82, 2.24) is 9.71 Å². The molecule has 2 N–H and O–H groups in total. The highest BCUT2D eigenvalue weighted by Gasteiger charge is 2.70. The lowest BCUT2D eigenvalue weighted by Crippen LogP contribution is -2.68. The van der Waals surface area contributed by atoms with Gasteiger partial charge < -0.3 is 0 Å². The Bertz CT molecular complexity index is 1120. The average Bonchev–Trinajstić information content (AvgIpc) is 2.78. The van der Waals surface area contributed by atoms with E-state index in [1.165, 1.54) is 6.07 Å². The summed E-state index contributed by atoms with van der Waals surface area (Å²) in [4.78, 5) is 1.92. The van der Waals surface area contributed by atoms with Crippen LogP contribution < -0.4 is 10.4 Å². The summed E-state index contributed by atoms with van der Waals surface area (Å²) < 4.78 is 103. The highest BCUT2D eigenvalue weighted by Crippen LogP contribution is 2.54. The molecule has 2 atom stereocenters. The Morgan fingerprint density at radius 3 is 2.00 bits per heavy atom. The fourth-order valence-corrected chi connectivity index (χ4v) is 5.41. The van der Waals surface area contributed by atoms with Gasteiger partial charge in [0.25, 0.3) is 15.5 Å². The third-order valence-corrected chi connectivity index (χ3v) is 7.22. The van der Waals surface area contributed by atoms with E-state index in [-0.39, 0.29) is 5.12 Å². The molecule has 0 saturated carbocycles. The SMILES string of the molecule is C=NC1(C)C(S(=O)(=O)C(F)(F)F)=C(C#N)N(N)[N+]1(C)c1c(Cl)cc(C(F)(F)F)cc1Cl. The third-order valence-electron chi connectivity index (χ3n) is 4.92. The Morgan fingerprint density at radius 2 is 1.68 bits per heavy atom. The van der Waals surface area contributed by atoms with E-state index >= 15 is 0 Å². The molecule has 1 heterocycles. The molecule has 16 heteroatoms. The zero-order valence-corrected chi connectivity index (χ0v) is 17.8. The van der Waals surface area contributed by atoms with E-state index in [4.69, 9.17) is 29.0 Å². The van der Waals surface area contributed by atoms with Crippen LogP contribution in [0, 0.1) is 11.3 Å². The van der Waals surface area contributed by atoms with Crippen molar-refractivity contribution in [1.29, 1.82) is 5.26 Å². The van der Waals surface area contributed by atoms with E-state index in [1.807, 2.05) is 0 Å². The molecule has 1 aliphatic heterocycles. The standard InChI is InChI=1S/C15H12Cl2F6N5O2S/c1-13(26-2)12(31(29,30)15(21,22)23)10(6-24)27(25)28(13,3)11-8(16)4-7(5-9(11)17)14(18,19)20/h4-5H,2,25H2,1,3H3/q+1. The van der Waals surface area contributed by atoms with Gasteiger partial charge in [0.15, 0.2) is 10.6 Å². The number of alkyl halides is 6. The first kappa shape index (κ1) is 25.2. The Morgan fingerprint density at radius 1 is 1.23 bits per heavy atom. The van der Waals surface area contributed by atoms with Gasteiger partial charge in [-0.3, -0.25) is 0 Å². The van der Waals surface area contributed by atoms with Crippen molar-refractivity contribution in [3.05, 3.63) is 38.3 Å². The molecule has 0 saturated heterocycles. The van der Waals surface area contributed by atoms with Crippen LogP contribution >= 0.6 is 23.2 Å². The molecule has 2 unspecified atom stereocenters. The van der Waals surface area contributed by atoms with Gasteiger partial charge in [0.2, 0.25) is 5.70 Å². The Balaban J connectivity index is 2.99. The van der Waals surface area contributed by atoms with Crippen molar-refractivity contribution in [2.75, 3.05) is 7.05 Å². The predicted octanol–water partition coefficient (Wildman–Crippen LogP) is 4.14. The molecular weight excluding hydrogens is 499 g/mol. The molecule has 0 spiro atoms. The normalized spacial score (nSPS) is 25.0. The Kier molecular flexibility index (Phi) is 5.89. The van der Waals surface area contributed by atoms with Crippen molar-refractivity contribution < 1.29 is 34.8 Å². The summed E-state index contributed by atoms with van der Waals surface area (Å²) in [6, 6.07) is 2.11. The molecule has 1 aliphatic rings. The molecule has 0 fully saturated rings. The number of aliphatic imine (C=N–C) groups is 1. The summed E-state index contributed by atoms with van der Waals surface area (Å²) in [5.41, 5.74) is -11.5. The summed E-state index contributed by atoms with van der Waals surface area (Å²) in [6.45, 7) is 3.95. The lowest BCUT2D eigenvalue weighted by atomic mass is 10.1. The van der Waals surface area contributed by atoms with Crippen LogP contribution in [0.15, 0.2) is 27.7 Å². The molecule has 1 aromatic rings. The fourth-order valence-electron chi connectivity index (χ4n) is 3.22. The second-order valence-corrected chi connectivity index (χ2v) is 9.20. The van der Waals surface area contributed by atoms with Crippen LogP contribution in [0.25, 0.3) is 0 Å². The number of benzene rings is 1. The molecule has 0 aliphatic carbocycles. The number of sulfone groups is 1. The maximum absolute atomic E-state index is 13.4. The highest BCUT2D eigenvalue weighted by molar-refractivity contribution is 7.96. The van der Waals surface area contributed by atoms with Crippen LogP contribution in [0.3, 0.4) is 0 Å². The first-order valence-corrected chi connectivity index (χ1v) is 9.99. The number of quaternary nitrogens is 1. The summed E-state index contributed by atoms with van der Waals surface area (Å²) >= 11 is 12.0. The summed E-state index contributed by atoms with van der Waals surface area (Å²) in [7, 11) is -5.24. The van der Waals surface area contributed by atoms with E-state index in [1.54, 1.807) is 0 Å². The number of nitriles is 1. The van der Waals surface area contributed by atoms with Gasteiger partial charge >= 0.3 is 11.7 Å². The molecule has 2 rings (SSSR count). The molecule has 0 aromatic heterocycles. The maximum Gasteiger partial charge on any atom is 0.502 e. The molecule has 0 amide bonds. The topological polar surface area (TPSA) is 99.5 Å². The minimum Gasteiger partial charge on any atom is -0.232 e. The van der Waals surface area contributed by atoms with Gasteiger partial charge in [0.1, 0.15) is 23.2 Å². The summed E-state index contributed by atoms with van der Waals surface area (Å²) in [5.74, 6) is 5.81. The largest absolute Gasteiger partial charge is 0.502 e. The van der Waals surface area contributed by atoms with Gasteiger partial charge in [-0.05, 0) is 18.9 Å². The van der Waals surface area contributed by atoms with Crippen LogP contribution in [0.2, 0.25) is 10.0 Å². The van der Waals surface area contributed by atoms with E-state index in [0.717, 1.165) is 14.0 Å². The first-order chi connectivity index (χ1) is 13.8. The van der Waals surface area contributed by atoms with E-state index < -0.39 is 63.7 Å². The van der Waals surface area contributed by atoms with Crippen molar-refractivity contribution in [2.45, 2.75) is 24.3 Å².